The van der Waals surface area contributed by atoms with Crippen LogP contribution in [0, 0.1) is 0 Å². The Morgan fingerprint density at radius 3 is 1.44 bits per heavy atom. The quantitative estimate of drug-likeness (QED) is 0.679. The van der Waals surface area contributed by atoms with Crippen LogP contribution < -0.4 is 16.0 Å². The lowest BCUT2D eigenvalue weighted by Gasteiger charge is -2.06. The predicted molar refractivity (Wildman–Crippen MR) is 87.4 cm³/mol. The molecule has 0 radical (unpaired) electrons. The number of nitrogens with zero attached hydrogens (tertiary/aromatic N) is 2. The van der Waals surface area contributed by atoms with Crippen LogP contribution in [0.4, 0.5) is 9.59 Å². The fourth-order valence-corrected chi connectivity index (χ4v) is 1.90. The van der Waals surface area contributed by atoms with Crippen molar-refractivity contribution in [3.63, 3.8) is 0 Å². The zero-order valence-electron chi connectivity index (χ0n) is 12.2. The SMILES string of the molecule is O=C(NC(=O)NC(=O)c1cccc(Cl)n1)NC(=O)c1cccc(Cl)n1. The lowest BCUT2D eigenvalue weighted by molar-refractivity contribution is 0.0956. The molecular weight excluding hydrogens is 373 g/mol. The summed E-state index contributed by atoms with van der Waals surface area (Å²) in [5.41, 5.74) is -0.246. The molecule has 6 amide bonds. The van der Waals surface area contributed by atoms with Gasteiger partial charge < -0.3 is 0 Å². The summed E-state index contributed by atoms with van der Waals surface area (Å²) in [6, 6.07) is 6.15. The minimum absolute atomic E-state index is 0.0606. The molecule has 0 aromatic carbocycles. The summed E-state index contributed by atoms with van der Waals surface area (Å²) in [6.45, 7) is 0. The highest BCUT2D eigenvalue weighted by Crippen LogP contribution is 2.05. The molecule has 2 rings (SSSR count). The van der Waals surface area contributed by atoms with Gasteiger partial charge in [0.25, 0.3) is 11.8 Å². The third-order valence-corrected chi connectivity index (χ3v) is 3.00. The molecule has 3 N–H and O–H groups in total. The first-order valence-corrected chi connectivity index (χ1v) is 7.33. The van der Waals surface area contributed by atoms with Gasteiger partial charge in [0.1, 0.15) is 21.7 Å². The van der Waals surface area contributed by atoms with Gasteiger partial charge in [-0.05, 0) is 24.3 Å². The van der Waals surface area contributed by atoms with Gasteiger partial charge >= 0.3 is 12.1 Å². The van der Waals surface area contributed by atoms with E-state index in [0.29, 0.717) is 0 Å². The van der Waals surface area contributed by atoms with Crippen molar-refractivity contribution >= 4 is 47.1 Å². The van der Waals surface area contributed by atoms with E-state index in [1.165, 1.54) is 36.4 Å². The third kappa shape index (κ3) is 5.52. The molecule has 25 heavy (non-hydrogen) atoms. The molecule has 0 atom stereocenters. The van der Waals surface area contributed by atoms with Crippen molar-refractivity contribution in [1.29, 1.82) is 0 Å². The van der Waals surface area contributed by atoms with Gasteiger partial charge in [0.2, 0.25) is 0 Å². The first-order valence-electron chi connectivity index (χ1n) is 6.58. The van der Waals surface area contributed by atoms with Crippen molar-refractivity contribution < 1.29 is 19.2 Å². The van der Waals surface area contributed by atoms with E-state index in [9.17, 15) is 19.2 Å². The van der Waals surface area contributed by atoms with Crippen LogP contribution in [0.2, 0.25) is 10.3 Å². The maximum Gasteiger partial charge on any atom is 0.329 e. The van der Waals surface area contributed by atoms with Crippen LogP contribution in [0.5, 0.6) is 0 Å². The fraction of sp³-hybridized carbons (Fsp3) is 0. The van der Waals surface area contributed by atoms with Crippen LogP contribution in [0.3, 0.4) is 0 Å². The Balaban J connectivity index is 1.88. The summed E-state index contributed by atoms with van der Waals surface area (Å²) < 4.78 is 0. The van der Waals surface area contributed by atoms with Crippen molar-refractivity contribution in [3.05, 3.63) is 58.1 Å². The highest BCUT2D eigenvalue weighted by atomic mass is 35.5. The van der Waals surface area contributed by atoms with Crippen molar-refractivity contribution in [1.82, 2.24) is 25.9 Å². The summed E-state index contributed by atoms with van der Waals surface area (Å²) in [4.78, 5) is 54.1. The number of rotatable bonds is 2. The lowest BCUT2D eigenvalue weighted by atomic mass is 10.3. The van der Waals surface area contributed by atoms with E-state index in [-0.39, 0.29) is 21.7 Å². The van der Waals surface area contributed by atoms with Gasteiger partial charge in [-0.1, -0.05) is 35.3 Å². The van der Waals surface area contributed by atoms with E-state index in [1.54, 1.807) is 5.32 Å². The number of aromatic nitrogens is 2. The van der Waals surface area contributed by atoms with Crippen LogP contribution in [-0.2, 0) is 0 Å². The number of nitrogens with one attached hydrogen (secondary N) is 3. The first-order chi connectivity index (χ1) is 11.8. The third-order valence-electron chi connectivity index (χ3n) is 2.58. The number of hydrogen-bond acceptors (Lipinski definition) is 6. The van der Waals surface area contributed by atoms with Gasteiger partial charge in [0, 0.05) is 0 Å². The van der Waals surface area contributed by atoms with Crippen molar-refractivity contribution in [3.8, 4) is 0 Å². The molecule has 128 valence electrons. The van der Waals surface area contributed by atoms with E-state index < -0.39 is 23.9 Å². The molecule has 0 bridgehead atoms. The molecule has 0 saturated heterocycles. The van der Waals surface area contributed by atoms with E-state index in [2.05, 4.69) is 9.97 Å². The zero-order valence-corrected chi connectivity index (χ0v) is 13.8. The number of halogens is 2. The van der Waals surface area contributed by atoms with E-state index >= 15 is 0 Å². The average Bonchev–Trinajstić information content (AvgIpc) is 2.54. The van der Waals surface area contributed by atoms with Gasteiger partial charge in [0.05, 0.1) is 0 Å². The largest absolute Gasteiger partial charge is 0.329 e. The second-order valence-electron chi connectivity index (χ2n) is 4.38. The molecule has 2 aromatic rings. The topological polar surface area (TPSA) is 130 Å². The van der Waals surface area contributed by atoms with Crippen LogP contribution in [-0.4, -0.2) is 33.8 Å². The van der Waals surface area contributed by atoms with E-state index in [4.69, 9.17) is 23.2 Å². The highest BCUT2D eigenvalue weighted by molar-refractivity contribution is 6.30. The van der Waals surface area contributed by atoms with Crippen LogP contribution in [0.1, 0.15) is 21.0 Å². The Kier molecular flexibility index (Phi) is 5.98. The summed E-state index contributed by atoms with van der Waals surface area (Å²) in [7, 11) is 0. The summed E-state index contributed by atoms with van der Waals surface area (Å²) in [5, 5.41) is 5.58. The molecule has 0 aliphatic carbocycles. The number of carbonyl (C=O) groups is 4. The maximum absolute atomic E-state index is 11.8. The number of carbonyl (C=O) groups excluding carboxylic acids is 4. The Hall–Kier alpha value is -3.04. The van der Waals surface area contributed by atoms with Crippen molar-refractivity contribution in [2.45, 2.75) is 0 Å². The summed E-state index contributed by atoms with van der Waals surface area (Å²) in [5.74, 6) is -1.76. The Morgan fingerprint density at radius 1 is 0.680 bits per heavy atom. The van der Waals surface area contributed by atoms with Crippen molar-refractivity contribution in [2.24, 2.45) is 0 Å². The number of hydrogen-bond donors (Lipinski definition) is 3. The van der Waals surface area contributed by atoms with Crippen LogP contribution in [0.25, 0.3) is 0 Å². The fourth-order valence-electron chi connectivity index (χ4n) is 1.57. The highest BCUT2D eigenvalue weighted by Gasteiger charge is 2.17. The van der Waals surface area contributed by atoms with Crippen molar-refractivity contribution in [2.75, 3.05) is 0 Å². The molecule has 2 aromatic heterocycles. The minimum atomic E-state index is -1.16. The van der Waals surface area contributed by atoms with Gasteiger partial charge in [-0.25, -0.2) is 19.6 Å². The molecule has 0 fully saturated rings. The number of imide groups is 3. The second-order valence-corrected chi connectivity index (χ2v) is 5.16. The van der Waals surface area contributed by atoms with Crippen LogP contribution >= 0.6 is 23.2 Å². The van der Waals surface area contributed by atoms with Gasteiger partial charge in [-0.15, -0.1) is 0 Å². The number of pyridine rings is 2. The van der Waals surface area contributed by atoms with Gasteiger partial charge in [-0.3, -0.25) is 25.5 Å². The minimum Gasteiger partial charge on any atom is -0.272 e. The molecule has 0 spiro atoms. The lowest BCUT2D eigenvalue weighted by Crippen LogP contribution is -2.48. The van der Waals surface area contributed by atoms with Gasteiger partial charge in [-0.2, -0.15) is 0 Å². The first kappa shape index (κ1) is 18.3. The predicted octanol–water partition coefficient (Wildman–Crippen LogP) is 1.77. The molecular formula is C14H9Cl2N5O4. The van der Waals surface area contributed by atoms with Gasteiger partial charge in [0.15, 0.2) is 0 Å². The maximum atomic E-state index is 11.8. The molecule has 0 saturated carbocycles. The Bertz CT molecular complexity index is 789. The normalized spacial score (nSPS) is 9.84. The molecule has 11 heteroatoms. The Labute approximate surface area is 150 Å². The monoisotopic (exact) mass is 381 g/mol. The standard InChI is InChI=1S/C14H9Cl2N5O4/c15-9-5-1-3-7(17-9)11(22)19-13(24)21-14(25)20-12(23)8-4-2-6-10(16)18-8/h1-6H,(H3,19,20,21,22,23,24,25). The Morgan fingerprint density at radius 2 is 1.08 bits per heavy atom. The molecule has 9 nitrogen and oxygen atoms in total. The zero-order chi connectivity index (χ0) is 18.4. The number of amides is 6. The number of urea groups is 2. The van der Waals surface area contributed by atoms with E-state index in [1.807, 2.05) is 10.6 Å². The summed E-state index contributed by atoms with van der Waals surface area (Å²) >= 11 is 11.3. The molecule has 0 aliphatic rings. The van der Waals surface area contributed by atoms with E-state index in [0.717, 1.165) is 0 Å². The smallest absolute Gasteiger partial charge is 0.272 e. The summed E-state index contributed by atoms with van der Waals surface area (Å²) in [6.07, 6.45) is 0. The molecule has 0 unspecified atom stereocenters. The van der Waals surface area contributed by atoms with Crippen LogP contribution in [0.15, 0.2) is 36.4 Å². The average molecular weight is 382 g/mol. The molecule has 0 aliphatic heterocycles. The second kappa shape index (κ2) is 8.18. The molecule has 2 heterocycles.